The SMILES string of the molecule is Cc1nccc(NCC2(CCl)CC2)n1. The van der Waals surface area contributed by atoms with Crippen molar-refractivity contribution >= 4 is 17.4 Å². The predicted octanol–water partition coefficient (Wildman–Crippen LogP) is 2.22. The molecule has 4 heteroatoms. The third-order valence-electron chi connectivity index (χ3n) is 2.66. The summed E-state index contributed by atoms with van der Waals surface area (Å²) in [4.78, 5) is 8.32. The fourth-order valence-electron chi connectivity index (χ4n) is 1.37. The lowest BCUT2D eigenvalue weighted by atomic mass is 10.1. The molecule has 0 atom stereocenters. The van der Waals surface area contributed by atoms with Gasteiger partial charge in [0.05, 0.1) is 0 Å². The van der Waals surface area contributed by atoms with Crippen molar-refractivity contribution in [2.75, 3.05) is 17.7 Å². The second kappa shape index (κ2) is 3.73. The summed E-state index contributed by atoms with van der Waals surface area (Å²) in [5, 5.41) is 3.30. The zero-order chi connectivity index (χ0) is 10.0. The van der Waals surface area contributed by atoms with Crippen molar-refractivity contribution in [3.63, 3.8) is 0 Å². The number of alkyl halides is 1. The number of aromatic nitrogens is 2. The molecule has 1 heterocycles. The third-order valence-corrected chi connectivity index (χ3v) is 3.23. The Balaban J connectivity index is 1.92. The van der Waals surface area contributed by atoms with Crippen LogP contribution >= 0.6 is 11.6 Å². The molecular formula is C10H14ClN3. The summed E-state index contributed by atoms with van der Waals surface area (Å²) in [7, 11) is 0. The zero-order valence-corrected chi connectivity index (χ0v) is 9.01. The highest BCUT2D eigenvalue weighted by Crippen LogP contribution is 2.46. The monoisotopic (exact) mass is 211 g/mol. The molecule has 76 valence electrons. The van der Waals surface area contributed by atoms with Crippen LogP contribution in [0.15, 0.2) is 12.3 Å². The van der Waals surface area contributed by atoms with E-state index in [1.807, 2.05) is 13.0 Å². The van der Waals surface area contributed by atoms with E-state index in [1.165, 1.54) is 12.8 Å². The Labute approximate surface area is 88.9 Å². The second-order valence-electron chi connectivity index (χ2n) is 3.98. The first-order chi connectivity index (χ1) is 6.74. The van der Waals surface area contributed by atoms with Crippen LogP contribution in [-0.4, -0.2) is 22.4 Å². The average Bonchev–Trinajstić information content (AvgIpc) is 2.96. The Hall–Kier alpha value is -0.830. The molecule has 3 nitrogen and oxygen atoms in total. The van der Waals surface area contributed by atoms with E-state index in [0.29, 0.717) is 5.41 Å². The van der Waals surface area contributed by atoms with E-state index in [-0.39, 0.29) is 0 Å². The first-order valence-electron chi connectivity index (χ1n) is 4.84. The molecule has 1 fully saturated rings. The molecule has 0 radical (unpaired) electrons. The molecule has 0 saturated heterocycles. The normalized spacial score (nSPS) is 17.9. The maximum Gasteiger partial charge on any atom is 0.129 e. The van der Waals surface area contributed by atoms with Crippen LogP contribution in [0.2, 0.25) is 0 Å². The number of nitrogens with one attached hydrogen (secondary N) is 1. The number of aryl methyl sites for hydroxylation is 1. The summed E-state index contributed by atoms with van der Waals surface area (Å²) in [5.74, 6) is 2.43. The predicted molar refractivity (Wildman–Crippen MR) is 57.6 cm³/mol. The van der Waals surface area contributed by atoms with E-state index in [0.717, 1.165) is 24.1 Å². The van der Waals surface area contributed by atoms with Gasteiger partial charge in [-0.25, -0.2) is 9.97 Å². The molecular weight excluding hydrogens is 198 g/mol. The second-order valence-corrected chi connectivity index (χ2v) is 4.24. The lowest BCUT2D eigenvalue weighted by molar-refractivity contribution is 0.617. The standard InChI is InChI=1S/C10H14ClN3/c1-8-12-5-2-9(14-8)13-7-10(6-11)3-4-10/h2,5H,3-4,6-7H2,1H3,(H,12,13,14). The zero-order valence-electron chi connectivity index (χ0n) is 8.26. The van der Waals surface area contributed by atoms with Crippen LogP contribution < -0.4 is 5.32 Å². The van der Waals surface area contributed by atoms with Crippen LogP contribution in [0.1, 0.15) is 18.7 Å². The van der Waals surface area contributed by atoms with Crippen LogP contribution in [0.5, 0.6) is 0 Å². The number of hydrogen-bond acceptors (Lipinski definition) is 3. The Kier molecular flexibility index (Phi) is 2.59. The van der Waals surface area contributed by atoms with Crippen molar-refractivity contribution in [1.82, 2.24) is 9.97 Å². The quantitative estimate of drug-likeness (QED) is 0.777. The number of nitrogens with zero attached hydrogens (tertiary/aromatic N) is 2. The van der Waals surface area contributed by atoms with Gasteiger partial charge in [0, 0.05) is 24.0 Å². The third kappa shape index (κ3) is 2.15. The number of halogens is 1. The molecule has 1 N–H and O–H groups in total. The first-order valence-corrected chi connectivity index (χ1v) is 5.37. The van der Waals surface area contributed by atoms with E-state index >= 15 is 0 Å². The molecule has 2 rings (SSSR count). The van der Waals surface area contributed by atoms with Crippen LogP contribution in [0.3, 0.4) is 0 Å². The average molecular weight is 212 g/mol. The fraction of sp³-hybridized carbons (Fsp3) is 0.600. The summed E-state index contributed by atoms with van der Waals surface area (Å²) in [5.41, 5.74) is 0.334. The van der Waals surface area contributed by atoms with Crippen LogP contribution in [0.25, 0.3) is 0 Å². The highest BCUT2D eigenvalue weighted by atomic mass is 35.5. The van der Waals surface area contributed by atoms with Gasteiger partial charge in [0.15, 0.2) is 0 Å². The Bertz CT molecular complexity index is 323. The minimum atomic E-state index is 0.334. The summed E-state index contributed by atoms with van der Waals surface area (Å²) in [6, 6.07) is 1.89. The van der Waals surface area contributed by atoms with Crippen LogP contribution in [-0.2, 0) is 0 Å². The Morgan fingerprint density at radius 2 is 2.36 bits per heavy atom. The van der Waals surface area contributed by atoms with Crippen molar-refractivity contribution in [2.45, 2.75) is 19.8 Å². The van der Waals surface area contributed by atoms with E-state index in [1.54, 1.807) is 6.20 Å². The van der Waals surface area contributed by atoms with E-state index in [2.05, 4.69) is 15.3 Å². The van der Waals surface area contributed by atoms with E-state index in [4.69, 9.17) is 11.6 Å². The molecule has 14 heavy (non-hydrogen) atoms. The number of hydrogen-bond donors (Lipinski definition) is 1. The Morgan fingerprint density at radius 3 is 2.93 bits per heavy atom. The molecule has 0 amide bonds. The highest BCUT2D eigenvalue weighted by molar-refractivity contribution is 6.18. The maximum atomic E-state index is 5.88. The van der Waals surface area contributed by atoms with Gasteiger partial charge in [0.25, 0.3) is 0 Å². The molecule has 1 saturated carbocycles. The fourth-order valence-corrected chi connectivity index (χ4v) is 1.73. The highest BCUT2D eigenvalue weighted by Gasteiger charge is 2.41. The number of rotatable bonds is 4. The molecule has 1 aromatic rings. The van der Waals surface area contributed by atoms with Gasteiger partial charge in [0.1, 0.15) is 11.6 Å². The molecule has 1 aromatic heterocycles. The molecule has 0 aromatic carbocycles. The largest absolute Gasteiger partial charge is 0.369 e. The molecule has 1 aliphatic carbocycles. The van der Waals surface area contributed by atoms with Crippen molar-refractivity contribution in [1.29, 1.82) is 0 Å². The first kappa shape index (κ1) is 9.71. The van der Waals surface area contributed by atoms with E-state index < -0.39 is 0 Å². The topological polar surface area (TPSA) is 37.8 Å². The summed E-state index contributed by atoms with van der Waals surface area (Å²) >= 11 is 5.88. The van der Waals surface area contributed by atoms with Gasteiger partial charge >= 0.3 is 0 Å². The van der Waals surface area contributed by atoms with Crippen LogP contribution in [0.4, 0.5) is 5.82 Å². The number of anilines is 1. The van der Waals surface area contributed by atoms with Crippen molar-refractivity contribution in [3.05, 3.63) is 18.1 Å². The van der Waals surface area contributed by atoms with Gasteiger partial charge < -0.3 is 5.32 Å². The Morgan fingerprint density at radius 1 is 1.57 bits per heavy atom. The summed E-state index contributed by atoms with van der Waals surface area (Å²) in [6.07, 6.45) is 4.23. The smallest absolute Gasteiger partial charge is 0.129 e. The molecule has 0 bridgehead atoms. The lowest BCUT2D eigenvalue weighted by Gasteiger charge is -2.12. The van der Waals surface area contributed by atoms with Crippen molar-refractivity contribution < 1.29 is 0 Å². The summed E-state index contributed by atoms with van der Waals surface area (Å²) < 4.78 is 0. The lowest BCUT2D eigenvalue weighted by Crippen LogP contribution is -2.17. The molecule has 1 aliphatic rings. The van der Waals surface area contributed by atoms with E-state index in [9.17, 15) is 0 Å². The van der Waals surface area contributed by atoms with Gasteiger partial charge in [-0.1, -0.05) is 0 Å². The summed E-state index contributed by atoms with van der Waals surface area (Å²) in [6.45, 7) is 2.81. The van der Waals surface area contributed by atoms with Gasteiger partial charge in [0.2, 0.25) is 0 Å². The van der Waals surface area contributed by atoms with Crippen molar-refractivity contribution in [3.8, 4) is 0 Å². The van der Waals surface area contributed by atoms with Crippen LogP contribution in [0, 0.1) is 12.3 Å². The van der Waals surface area contributed by atoms with Gasteiger partial charge in [-0.15, -0.1) is 11.6 Å². The minimum Gasteiger partial charge on any atom is -0.369 e. The molecule has 0 aliphatic heterocycles. The minimum absolute atomic E-state index is 0.334. The molecule has 0 unspecified atom stereocenters. The van der Waals surface area contributed by atoms with Crippen molar-refractivity contribution in [2.24, 2.45) is 5.41 Å². The molecule has 0 spiro atoms. The van der Waals surface area contributed by atoms with Gasteiger partial charge in [-0.2, -0.15) is 0 Å². The van der Waals surface area contributed by atoms with Gasteiger partial charge in [-0.3, -0.25) is 0 Å². The van der Waals surface area contributed by atoms with Gasteiger partial charge in [-0.05, 0) is 25.8 Å². The maximum absolute atomic E-state index is 5.88.